The highest BCUT2D eigenvalue weighted by molar-refractivity contribution is 5.02. The Kier molecular flexibility index (Phi) is 2.64. The first-order chi connectivity index (χ1) is 8.31. The van der Waals surface area contributed by atoms with E-state index in [1.165, 1.54) is 12.8 Å². The van der Waals surface area contributed by atoms with Crippen LogP contribution in [0.1, 0.15) is 36.3 Å². The van der Waals surface area contributed by atoms with Crippen LogP contribution < -0.4 is 5.73 Å². The maximum Gasteiger partial charge on any atom is 0.243 e. The fourth-order valence-corrected chi connectivity index (χ4v) is 1.80. The van der Waals surface area contributed by atoms with Gasteiger partial charge in [-0.1, -0.05) is 5.16 Å². The van der Waals surface area contributed by atoms with Crippen LogP contribution in [-0.2, 0) is 12.8 Å². The lowest BCUT2D eigenvalue weighted by molar-refractivity contribution is 0.349. The first-order valence-corrected chi connectivity index (χ1v) is 5.86. The van der Waals surface area contributed by atoms with Crippen molar-refractivity contribution < 1.29 is 4.52 Å². The van der Waals surface area contributed by atoms with Crippen LogP contribution in [0.5, 0.6) is 0 Å². The molecule has 3 rings (SSSR count). The van der Waals surface area contributed by atoms with Gasteiger partial charge in [0.25, 0.3) is 0 Å². The Morgan fingerprint density at radius 1 is 1.53 bits per heavy atom. The molecule has 1 atom stereocenters. The zero-order valence-corrected chi connectivity index (χ0v) is 9.47. The van der Waals surface area contributed by atoms with E-state index in [1.54, 1.807) is 12.5 Å². The summed E-state index contributed by atoms with van der Waals surface area (Å²) < 4.78 is 5.18. The molecule has 3 N–H and O–H groups in total. The fraction of sp³-hybridized carbons (Fsp3) is 0.545. The molecule has 1 aliphatic rings. The van der Waals surface area contributed by atoms with Crippen LogP contribution >= 0.6 is 0 Å². The van der Waals surface area contributed by atoms with Crippen LogP contribution in [0.25, 0.3) is 0 Å². The standard InChI is InChI=1S/C11H15N5O/c12-9(4-8-5-13-6-14-8)11-15-10(16-17-11)3-7-1-2-7/h5-7,9H,1-4,12H2,(H,13,14)/t9-/m1/s1. The average Bonchev–Trinajstić information content (AvgIpc) is 2.81. The number of imidazole rings is 1. The maximum atomic E-state index is 6.00. The summed E-state index contributed by atoms with van der Waals surface area (Å²) in [6.07, 6.45) is 7.50. The molecule has 1 aliphatic carbocycles. The van der Waals surface area contributed by atoms with Gasteiger partial charge >= 0.3 is 0 Å². The van der Waals surface area contributed by atoms with E-state index in [0.29, 0.717) is 12.3 Å². The van der Waals surface area contributed by atoms with E-state index in [2.05, 4.69) is 20.1 Å². The summed E-state index contributed by atoms with van der Waals surface area (Å²) in [6.45, 7) is 0. The number of aromatic amines is 1. The van der Waals surface area contributed by atoms with E-state index < -0.39 is 0 Å². The highest BCUT2D eigenvalue weighted by Gasteiger charge is 2.25. The molecule has 90 valence electrons. The van der Waals surface area contributed by atoms with E-state index in [0.717, 1.165) is 23.9 Å². The number of nitrogens with one attached hydrogen (secondary N) is 1. The van der Waals surface area contributed by atoms with E-state index in [4.69, 9.17) is 10.3 Å². The topological polar surface area (TPSA) is 93.6 Å². The quantitative estimate of drug-likeness (QED) is 0.803. The van der Waals surface area contributed by atoms with Crippen molar-refractivity contribution in [3.63, 3.8) is 0 Å². The number of hydrogen-bond donors (Lipinski definition) is 2. The van der Waals surface area contributed by atoms with E-state index in [-0.39, 0.29) is 6.04 Å². The Hall–Kier alpha value is -1.69. The highest BCUT2D eigenvalue weighted by atomic mass is 16.5. The normalized spacial score (nSPS) is 17.2. The first kappa shape index (κ1) is 10.5. The second-order valence-electron chi connectivity index (χ2n) is 4.58. The zero-order valence-electron chi connectivity index (χ0n) is 9.47. The second-order valence-corrected chi connectivity index (χ2v) is 4.58. The van der Waals surface area contributed by atoms with Gasteiger partial charge in [0.05, 0.1) is 12.4 Å². The molecule has 2 heterocycles. The minimum absolute atomic E-state index is 0.268. The van der Waals surface area contributed by atoms with Crippen LogP contribution in [0.15, 0.2) is 17.0 Å². The highest BCUT2D eigenvalue weighted by Crippen LogP contribution is 2.31. The number of nitrogens with zero attached hydrogens (tertiary/aromatic N) is 3. The van der Waals surface area contributed by atoms with Gasteiger partial charge < -0.3 is 15.2 Å². The smallest absolute Gasteiger partial charge is 0.243 e. The van der Waals surface area contributed by atoms with Gasteiger partial charge in [0.15, 0.2) is 5.82 Å². The van der Waals surface area contributed by atoms with Gasteiger partial charge in [-0.05, 0) is 18.8 Å². The van der Waals surface area contributed by atoms with Gasteiger partial charge in [0, 0.05) is 24.7 Å². The molecule has 2 aromatic rings. The Labute approximate surface area is 98.6 Å². The molecule has 6 heteroatoms. The zero-order chi connectivity index (χ0) is 11.7. The van der Waals surface area contributed by atoms with Crippen molar-refractivity contribution >= 4 is 0 Å². The third-order valence-corrected chi connectivity index (χ3v) is 2.96. The number of H-pyrrole nitrogens is 1. The molecule has 1 fully saturated rings. The minimum atomic E-state index is -0.268. The number of nitrogens with two attached hydrogens (primary N) is 1. The number of rotatable bonds is 5. The Bertz CT molecular complexity index is 474. The molecule has 6 nitrogen and oxygen atoms in total. The molecule has 0 unspecified atom stereocenters. The summed E-state index contributed by atoms with van der Waals surface area (Å²) in [5.41, 5.74) is 6.97. The van der Waals surface area contributed by atoms with Crippen LogP contribution in [0.4, 0.5) is 0 Å². The number of hydrogen-bond acceptors (Lipinski definition) is 5. The first-order valence-electron chi connectivity index (χ1n) is 5.86. The summed E-state index contributed by atoms with van der Waals surface area (Å²) in [6, 6.07) is -0.268. The fourth-order valence-electron chi connectivity index (χ4n) is 1.80. The van der Waals surface area contributed by atoms with Gasteiger partial charge in [0.2, 0.25) is 5.89 Å². The van der Waals surface area contributed by atoms with Crippen LogP contribution in [0.3, 0.4) is 0 Å². The van der Waals surface area contributed by atoms with Gasteiger partial charge in [-0.3, -0.25) is 0 Å². The summed E-state index contributed by atoms with van der Waals surface area (Å²) in [5.74, 6) is 2.04. The lowest BCUT2D eigenvalue weighted by Crippen LogP contribution is -2.14. The molecule has 0 aromatic carbocycles. The van der Waals surface area contributed by atoms with Crippen molar-refractivity contribution in [2.24, 2.45) is 11.7 Å². The third-order valence-electron chi connectivity index (χ3n) is 2.96. The van der Waals surface area contributed by atoms with E-state index >= 15 is 0 Å². The Morgan fingerprint density at radius 2 is 2.41 bits per heavy atom. The molecule has 0 radical (unpaired) electrons. The third kappa shape index (κ3) is 2.52. The van der Waals surface area contributed by atoms with Crippen molar-refractivity contribution in [3.05, 3.63) is 29.9 Å². The van der Waals surface area contributed by atoms with Crippen LogP contribution in [-0.4, -0.2) is 20.1 Å². The summed E-state index contributed by atoms with van der Waals surface area (Å²) >= 11 is 0. The van der Waals surface area contributed by atoms with Gasteiger partial charge in [-0.15, -0.1) is 0 Å². The molecular formula is C11H15N5O. The van der Waals surface area contributed by atoms with Crippen LogP contribution in [0.2, 0.25) is 0 Å². The molecule has 0 bridgehead atoms. The predicted molar refractivity (Wildman–Crippen MR) is 59.9 cm³/mol. The molecule has 0 saturated heterocycles. The van der Waals surface area contributed by atoms with Crippen LogP contribution in [0, 0.1) is 5.92 Å². The van der Waals surface area contributed by atoms with E-state index in [9.17, 15) is 0 Å². The SMILES string of the molecule is N[C@H](Cc1cnc[nH]1)c1nc(CC2CC2)no1. The average molecular weight is 233 g/mol. The maximum absolute atomic E-state index is 6.00. The lowest BCUT2D eigenvalue weighted by atomic mass is 10.2. The van der Waals surface area contributed by atoms with Crippen molar-refractivity contribution in [2.75, 3.05) is 0 Å². The van der Waals surface area contributed by atoms with Crippen molar-refractivity contribution in [3.8, 4) is 0 Å². The van der Waals surface area contributed by atoms with Gasteiger partial charge in [-0.2, -0.15) is 4.98 Å². The van der Waals surface area contributed by atoms with E-state index in [1.807, 2.05) is 0 Å². The largest absolute Gasteiger partial charge is 0.348 e. The van der Waals surface area contributed by atoms with Crippen molar-refractivity contribution in [1.29, 1.82) is 0 Å². The molecule has 1 saturated carbocycles. The summed E-state index contributed by atoms with van der Waals surface area (Å²) in [7, 11) is 0. The molecule has 0 aliphatic heterocycles. The molecular weight excluding hydrogens is 218 g/mol. The predicted octanol–water partition coefficient (Wildman–Crippen LogP) is 0.988. The van der Waals surface area contributed by atoms with Gasteiger partial charge in [0.1, 0.15) is 0 Å². The molecule has 0 spiro atoms. The second kappa shape index (κ2) is 4.29. The summed E-state index contributed by atoms with van der Waals surface area (Å²) in [5, 5.41) is 3.95. The number of aromatic nitrogens is 4. The molecule has 2 aromatic heterocycles. The monoisotopic (exact) mass is 233 g/mol. The van der Waals surface area contributed by atoms with Crippen molar-refractivity contribution in [1.82, 2.24) is 20.1 Å². The lowest BCUT2D eigenvalue weighted by Gasteiger charge is -2.03. The van der Waals surface area contributed by atoms with Gasteiger partial charge in [-0.25, -0.2) is 4.98 Å². The summed E-state index contributed by atoms with van der Waals surface area (Å²) in [4.78, 5) is 11.3. The molecule has 17 heavy (non-hydrogen) atoms. The minimum Gasteiger partial charge on any atom is -0.348 e. The Morgan fingerprint density at radius 3 is 3.12 bits per heavy atom. The molecule has 0 amide bonds. The van der Waals surface area contributed by atoms with Crippen molar-refractivity contribution in [2.45, 2.75) is 31.7 Å². The Balaban J connectivity index is 1.63.